The van der Waals surface area contributed by atoms with Gasteiger partial charge in [0.05, 0.1) is 13.7 Å². The van der Waals surface area contributed by atoms with Crippen LogP contribution < -0.4 is 10.1 Å². The highest BCUT2D eigenvalue weighted by atomic mass is 16.5. The van der Waals surface area contributed by atoms with Gasteiger partial charge in [0.25, 0.3) is 0 Å². The third-order valence-corrected chi connectivity index (χ3v) is 2.67. The quantitative estimate of drug-likeness (QED) is 0.811. The average Bonchev–Trinajstić information content (AvgIpc) is 2.30. The lowest BCUT2D eigenvalue weighted by Crippen LogP contribution is -2.23. The number of benzene rings is 1. The molecular formula is C13H19NO3. The molecule has 0 aromatic heterocycles. The van der Waals surface area contributed by atoms with Crippen molar-refractivity contribution in [1.29, 1.82) is 0 Å². The van der Waals surface area contributed by atoms with E-state index in [1.54, 1.807) is 7.11 Å². The lowest BCUT2D eigenvalue weighted by atomic mass is 10.0. The molecular weight excluding hydrogens is 218 g/mol. The van der Waals surface area contributed by atoms with Crippen molar-refractivity contribution in [2.75, 3.05) is 13.7 Å². The first-order chi connectivity index (χ1) is 8.08. The van der Waals surface area contributed by atoms with Crippen molar-refractivity contribution in [2.45, 2.75) is 26.8 Å². The van der Waals surface area contributed by atoms with Crippen LogP contribution in [0.25, 0.3) is 0 Å². The van der Waals surface area contributed by atoms with Crippen LogP contribution in [0.3, 0.4) is 0 Å². The SMILES string of the molecule is COc1cc(C)c(CNC(=O)CCO)cc1C. The number of methoxy groups -OCH3 is 1. The molecule has 0 aliphatic carbocycles. The maximum Gasteiger partial charge on any atom is 0.222 e. The van der Waals surface area contributed by atoms with Crippen molar-refractivity contribution in [1.82, 2.24) is 5.32 Å². The monoisotopic (exact) mass is 237 g/mol. The third-order valence-electron chi connectivity index (χ3n) is 2.67. The highest BCUT2D eigenvalue weighted by Gasteiger charge is 2.06. The topological polar surface area (TPSA) is 58.6 Å². The van der Waals surface area contributed by atoms with E-state index in [0.29, 0.717) is 6.54 Å². The molecule has 17 heavy (non-hydrogen) atoms. The van der Waals surface area contributed by atoms with E-state index in [-0.39, 0.29) is 18.9 Å². The lowest BCUT2D eigenvalue weighted by molar-refractivity contribution is -0.121. The van der Waals surface area contributed by atoms with E-state index < -0.39 is 0 Å². The molecule has 0 fully saturated rings. The van der Waals surface area contributed by atoms with Crippen LogP contribution >= 0.6 is 0 Å². The van der Waals surface area contributed by atoms with Crippen molar-refractivity contribution < 1.29 is 14.6 Å². The number of hydrogen-bond donors (Lipinski definition) is 2. The number of hydrogen-bond acceptors (Lipinski definition) is 3. The Kier molecular flexibility index (Phi) is 4.97. The van der Waals surface area contributed by atoms with Gasteiger partial charge in [-0.25, -0.2) is 0 Å². The molecule has 0 saturated heterocycles. The summed E-state index contributed by atoms with van der Waals surface area (Å²) in [4.78, 5) is 11.2. The molecule has 0 heterocycles. The predicted molar refractivity (Wildman–Crippen MR) is 66.0 cm³/mol. The summed E-state index contributed by atoms with van der Waals surface area (Å²) in [5, 5.41) is 11.4. The summed E-state index contributed by atoms with van der Waals surface area (Å²) in [6.45, 7) is 4.31. The Hall–Kier alpha value is -1.55. The molecule has 1 amide bonds. The summed E-state index contributed by atoms with van der Waals surface area (Å²) in [5.74, 6) is 0.716. The van der Waals surface area contributed by atoms with Gasteiger partial charge in [-0.3, -0.25) is 4.79 Å². The van der Waals surface area contributed by atoms with Crippen LogP contribution in [0.2, 0.25) is 0 Å². The fourth-order valence-electron chi connectivity index (χ4n) is 1.64. The molecule has 0 spiro atoms. The Balaban J connectivity index is 2.72. The molecule has 0 bridgehead atoms. The van der Waals surface area contributed by atoms with Crippen LogP contribution in [0, 0.1) is 13.8 Å². The van der Waals surface area contributed by atoms with Crippen LogP contribution in [-0.2, 0) is 11.3 Å². The maximum atomic E-state index is 11.2. The van der Waals surface area contributed by atoms with E-state index in [0.717, 1.165) is 22.4 Å². The van der Waals surface area contributed by atoms with Crippen LogP contribution in [0.4, 0.5) is 0 Å². The molecule has 4 nitrogen and oxygen atoms in total. The standard InChI is InChI=1S/C13H19NO3/c1-9-7-12(17-3)10(2)6-11(9)8-14-13(16)4-5-15/h6-7,15H,4-5,8H2,1-3H3,(H,14,16). The normalized spacial score (nSPS) is 10.1. The smallest absolute Gasteiger partial charge is 0.222 e. The zero-order valence-electron chi connectivity index (χ0n) is 10.5. The van der Waals surface area contributed by atoms with Crippen molar-refractivity contribution >= 4 is 5.91 Å². The fourth-order valence-corrected chi connectivity index (χ4v) is 1.64. The molecule has 0 radical (unpaired) electrons. The molecule has 0 unspecified atom stereocenters. The van der Waals surface area contributed by atoms with Crippen molar-refractivity contribution in [3.8, 4) is 5.75 Å². The summed E-state index contributed by atoms with van der Waals surface area (Å²) >= 11 is 0. The Morgan fingerprint density at radius 1 is 1.35 bits per heavy atom. The predicted octanol–water partition coefficient (Wildman–Crippen LogP) is 1.31. The van der Waals surface area contributed by atoms with Crippen LogP contribution in [0.15, 0.2) is 12.1 Å². The largest absolute Gasteiger partial charge is 0.496 e. The zero-order chi connectivity index (χ0) is 12.8. The highest BCUT2D eigenvalue weighted by molar-refractivity contribution is 5.75. The van der Waals surface area contributed by atoms with Gasteiger partial charge in [-0.2, -0.15) is 0 Å². The van der Waals surface area contributed by atoms with E-state index in [1.165, 1.54) is 0 Å². The minimum absolute atomic E-state index is 0.119. The van der Waals surface area contributed by atoms with Crippen LogP contribution in [0.1, 0.15) is 23.1 Å². The number of carbonyl (C=O) groups excluding carboxylic acids is 1. The molecule has 0 atom stereocenters. The minimum Gasteiger partial charge on any atom is -0.496 e. The molecule has 1 aromatic carbocycles. The molecule has 1 aromatic rings. The van der Waals surface area contributed by atoms with Gasteiger partial charge in [-0.05, 0) is 36.6 Å². The molecule has 0 saturated carbocycles. The van der Waals surface area contributed by atoms with E-state index in [2.05, 4.69) is 5.32 Å². The third kappa shape index (κ3) is 3.75. The number of ether oxygens (including phenoxy) is 1. The second kappa shape index (κ2) is 6.25. The molecule has 0 aliphatic heterocycles. The molecule has 1 rings (SSSR count). The summed E-state index contributed by atoms with van der Waals surface area (Å²) in [6.07, 6.45) is 0.147. The van der Waals surface area contributed by atoms with Gasteiger partial charge in [0.15, 0.2) is 0 Å². The summed E-state index contributed by atoms with van der Waals surface area (Å²) < 4.78 is 5.22. The summed E-state index contributed by atoms with van der Waals surface area (Å²) in [7, 11) is 1.64. The van der Waals surface area contributed by atoms with Gasteiger partial charge in [-0.1, -0.05) is 6.07 Å². The number of rotatable bonds is 5. The summed E-state index contributed by atoms with van der Waals surface area (Å²) in [6, 6.07) is 3.97. The molecule has 0 aliphatic rings. The van der Waals surface area contributed by atoms with E-state index >= 15 is 0 Å². The molecule has 4 heteroatoms. The Labute approximate surface area is 102 Å². The van der Waals surface area contributed by atoms with Gasteiger partial charge < -0.3 is 15.2 Å². The van der Waals surface area contributed by atoms with E-state index in [1.807, 2.05) is 26.0 Å². The average molecular weight is 237 g/mol. The van der Waals surface area contributed by atoms with Gasteiger partial charge >= 0.3 is 0 Å². The Morgan fingerprint density at radius 2 is 2.06 bits per heavy atom. The first kappa shape index (κ1) is 13.5. The Bertz CT molecular complexity index is 402. The molecule has 2 N–H and O–H groups in total. The van der Waals surface area contributed by atoms with Crippen LogP contribution in [-0.4, -0.2) is 24.7 Å². The van der Waals surface area contributed by atoms with Crippen molar-refractivity contribution in [3.63, 3.8) is 0 Å². The second-order valence-corrected chi connectivity index (χ2v) is 4.00. The number of aliphatic hydroxyl groups is 1. The highest BCUT2D eigenvalue weighted by Crippen LogP contribution is 2.22. The Morgan fingerprint density at radius 3 is 2.65 bits per heavy atom. The first-order valence-electron chi connectivity index (χ1n) is 5.60. The minimum atomic E-state index is -0.139. The number of aryl methyl sites for hydroxylation is 2. The number of carbonyl (C=O) groups is 1. The second-order valence-electron chi connectivity index (χ2n) is 4.00. The lowest BCUT2D eigenvalue weighted by Gasteiger charge is -2.12. The summed E-state index contributed by atoms with van der Waals surface area (Å²) in [5.41, 5.74) is 3.19. The number of aliphatic hydroxyl groups excluding tert-OH is 1. The van der Waals surface area contributed by atoms with Gasteiger partial charge in [0, 0.05) is 13.0 Å². The number of nitrogens with one attached hydrogen (secondary N) is 1. The van der Waals surface area contributed by atoms with Gasteiger partial charge in [0.1, 0.15) is 5.75 Å². The molecule has 94 valence electrons. The van der Waals surface area contributed by atoms with Crippen molar-refractivity contribution in [3.05, 3.63) is 28.8 Å². The van der Waals surface area contributed by atoms with Gasteiger partial charge in [-0.15, -0.1) is 0 Å². The van der Waals surface area contributed by atoms with E-state index in [4.69, 9.17) is 9.84 Å². The fraction of sp³-hybridized carbons (Fsp3) is 0.462. The zero-order valence-corrected chi connectivity index (χ0v) is 10.5. The number of amides is 1. The van der Waals surface area contributed by atoms with Gasteiger partial charge in [0.2, 0.25) is 5.91 Å². The maximum absolute atomic E-state index is 11.2. The van der Waals surface area contributed by atoms with Crippen LogP contribution in [0.5, 0.6) is 5.75 Å². The first-order valence-corrected chi connectivity index (χ1v) is 5.60. The van der Waals surface area contributed by atoms with E-state index in [9.17, 15) is 4.79 Å². The van der Waals surface area contributed by atoms with Crippen molar-refractivity contribution in [2.24, 2.45) is 0 Å².